The zero-order valence-corrected chi connectivity index (χ0v) is 9.23. The predicted octanol–water partition coefficient (Wildman–Crippen LogP) is 0.0237. The van der Waals surface area contributed by atoms with Gasteiger partial charge < -0.3 is 5.11 Å². The number of alkyl halides is 2. The molecule has 0 saturated heterocycles. The Morgan fingerprint density at radius 1 is 1.71 bits per heavy atom. The number of aromatic nitrogens is 2. The van der Waals surface area contributed by atoms with Gasteiger partial charge >= 0.3 is 0 Å². The lowest BCUT2D eigenvalue weighted by atomic mass is 9.97. The van der Waals surface area contributed by atoms with Crippen molar-refractivity contribution in [1.82, 2.24) is 9.55 Å². The molecule has 0 fully saturated rings. The smallest absolute Gasteiger partial charge is 0.294 e. The van der Waals surface area contributed by atoms with Gasteiger partial charge in [-0.15, -0.1) is 0 Å². The molecule has 2 rings (SSSR count). The Bertz CT molecular complexity index is 563. The molecule has 6 heteroatoms. The highest BCUT2D eigenvalue weighted by Gasteiger charge is 2.18. The maximum Gasteiger partial charge on any atom is 0.294 e. The van der Waals surface area contributed by atoms with Crippen LogP contribution in [0.5, 0.6) is 6.01 Å². The summed E-state index contributed by atoms with van der Waals surface area (Å²) in [5.74, 6) is -0.355. The fourth-order valence-corrected chi connectivity index (χ4v) is 1.90. The van der Waals surface area contributed by atoms with Gasteiger partial charge in [0.2, 0.25) is 0 Å². The third-order valence-corrected chi connectivity index (χ3v) is 2.78. The molecule has 0 spiro atoms. The van der Waals surface area contributed by atoms with Gasteiger partial charge in [0.15, 0.2) is 0 Å². The number of hydrogen-bond donors (Lipinski definition) is 1. The standard InChI is InChI=1S/C11H12F2N2O2/c1-6(16)7-2-3-8-9(4-7)15(5-10(12)13)11(17)14-8/h3-4,7,10H,2,5H2,1H3,(H,14,17). The van der Waals surface area contributed by atoms with Crippen LogP contribution in [-0.2, 0) is 11.3 Å². The molecule has 0 saturated carbocycles. The van der Waals surface area contributed by atoms with Crippen LogP contribution in [-0.4, -0.2) is 26.9 Å². The Balaban J connectivity index is 2.54. The molecule has 1 unspecified atom stereocenters. The molecular weight excluding hydrogens is 230 g/mol. The first-order chi connectivity index (χ1) is 7.99. The van der Waals surface area contributed by atoms with Crippen LogP contribution >= 0.6 is 0 Å². The number of carbonyl (C=O) groups excluding carboxylic acids is 1. The molecule has 0 bridgehead atoms. The quantitative estimate of drug-likeness (QED) is 0.813. The summed E-state index contributed by atoms with van der Waals surface area (Å²) in [6, 6.07) is -0.438. The summed E-state index contributed by atoms with van der Waals surface area (Å²) in [5, 5.41) is 10.3. The number of rotatable bonds is 3. The number of imidazole rings is 1. The summed E-state index contributed by atoms with van der Waals surface area (Å²) in [4.78, 5) is 15.0. The van der Waals surface area contributed by atoms with Crippen molar-refractivity contribution < 1.29 is 18.7 Å². The minimum absolute atomic E-state index is 0.0313. The van der Waals surface area contributed by atoms with E-state index in [1.54, 1.807) is 12.2 Å². The van der Waals surface area contributed by atoms with Crippen molar-refractivity contribution in [1.29, 1.82) is 0 Å². The van der Waals surface area contributed by atoms with Gasteiger partial charge in [0, 0.05) is 5.92 Å². The van der Waals surface area contributed by atoms with Crippen molar-refractivity contribution >= 4 is 17.9 Å². The van der Waals surface area contributed by atoms with Crippen molar-refractivity contribution in [2.24, 2.45) is 5.92 Å². The fourth-order valence-electron chi connectivity index (χ4n) is 1.90. The Morgan fingerprint density at radius 2 is 2.41 bits per heavy atom. The van der Waals surface area contributed by atoms with Crippen molar-refractivity contribution in [3.05, 3.63) is 10.7 Å². The molecule has 17 heavy (non-hydrogen) atoms. The second kappa shape index (κ2) is 4.27. The molecule has 1 aromatic rings. The molecule has 0 aromatic carbocycles. The molecule has 4 nitrogen and oxygen atoms in total. The number of ketones is 1. The van der Waals surface area contributed by atoms with E-state index in [2.05, 4.69) is 4.98 Å². The number of carbonyl (C=O) groups is 1. The second-order valence-corrected chi connectivity index (χ2v) is 4.01. The highest BCUT2D eigenvalue weighted by molar-refractivity contribution is 5.85. The number of nitrogens with zero attached hydrogens (tertiary/aromatic N) is 2. The number of Topliss-reactive ketones (excluding diaryl/α,β-unsaturated/α-hetero) is 1. The summed E-state index contributed by atoms with van der Waals surface area (Å²) < 4.78 is 25.7. The highest BCUT2D eigenvalue weighted by Crippen LogP contribution is 2.11. The van der Waals surface area contributed by atoms with Crippen LogP contribution in [0, 0.1) is 5.92 Å². The average Bonchev–Trinajstić information content (AvgIpc) is 2.54. The molecule has 1 aliphatic carbocycles. The summed E-state index contributed by atoms with van der Waals surface area (Å²) >= 11 is 0. The van der Waals surface area contributed by atoms with E-state index in [0.717, 1.165) is 4.57 Å². The molecule has 1 aliphatic rings. The first kappa shape index (κ1) is 11.8. The van der Waals surface area contributed by atoms with Crippen LogP contribution < -0.4 is 10.7 Å². The zero-order chi connectivity index (χ0) is 12.6. The molecule has 92 valence electrons. The SMILES string of the molecule is CC(=O)C1C=c2c(nc(O)n2CC(F)F)=CC1. The maximum absolute atomic E-state index is 12.4. The monoisotopic (exact) mass is 242 g/mol. The van der Waals surface area contributed by atoms with E-state index in [1.807, 2.05) is 0 Å². The minimum atomic E-state index is -2.58. The van der Waals surface area contributed by atoms with E-state index in [0.29, 0.717) is 17.1 Å². The van der Waals surface area contributed by atoms with Gasteiger partial charge in [-0.1, -0.05) is 6.08 Å². The third kappa shape index (κ3) is 2.20. The minimum Gasteiger partial charge on any atom is -0.480 e. The van der Waals surface area contributed by atoms with Gasteiger partial charge in [-0.3, -0.25) is 9.36 Å². The van der Waals surface area contributed by atoms with Crippen LogP contribution in [0.15, 0.2) is 0 Å². The Morgan fingerprint density at radius 3 is 3.00 bits per heavy atom. The van der Waals surface area contributed by atoms with Crippen LogP contribution in [0.1, 0.15) is 13.3 Å². The first-order valence-electron chi connectivity index (χ1n) is 5.25. The molecule has 0 radical (unpaired) electrons. The summed E-state index contributed by atoms with van der Waals surface area (Å²) in [6.07, 6.45) is 1.19. The predicted molar refractivity (Wildman–Crippen MR) is 56.9 cm³/mol. The van der Waals surface area contributed by atoms with Crippen molar-refractivity contribution in [3.63, 3.8) is 0 Å². The molecule has 1 aromatic heterocycles. The number of hydrogen-bond acceptors (Lipinski definition) is 3. The summed E-state index contributed by atoms with van der Waals surface area (Å²) in [6.45, 7) is 0.830. The van der Waals surface area contributed by atoms with Crippen molar-refractivity contribution in [2.45, 2.75) is 26.3 Å². The Hall–Kier alpha value is -1.72. The largest absolute Gasteiger partial charge is 0.480 e. The van der Waals surface area contributed by atoms with Crippen molar-refractivity contribution in [2.75, 3.05) is 0 Å². The Kier molecular flexibility index (Phi) is 2.95. The van der Waals surface area contributed by atoms with E-state index < -0.39 is 19.0 Å². The van der Waals surface area contributed by atoms with Gasteiger partial charge in [-0.05, 0) is 19.4 Å². The van der Waals surface area contributed by atoms with Gasteiger partial charge in [-0.25, -0.2) is 8.78 Å². The van der Waals surface area contributed by atoms with E-state index in [4.69, 9.17) is 0 Å². The number of aromatic hydroxyl groups is 1. The lowest BCUT2D eigenvalue weighted by molar-refractivity contribution is -0.118. The topological polar surface area (TPSA) is 55.1 Å². The molecule has 1 atom stereocenters. The molecule has 0 aliphatic heterocycles. The maximum atomic E-state index is 12.4. The second-order valence-electron chi connectivity index (χ2n) is 4.01. The van der Waals surface area contributed by atoms with Crippen LogP contribution in [0.25, 0.3) is 12.2 Å². The van der Waals surface area contributed by atoms with Gasteiger partial charge in [0.05, 0.1) is 17.2 Å². The highest BCUT2D eigenvalue weighted by atomic mass is 19.3. The molecular formula is C11H12F2N2O2. The normalized spacial score (nSPS) is 18.5. The lowest BCUT2D eigenvalue weighted by Crippen LogP contribution is -2.36. The van der Waals surface area contributed by atoms with Crippen molar-refractivity contribution in [3.8, 4) is 6.01 Å². The Labute approximate surface area is 95.9 Å². The van der Waals surface area contributed by atoms with E-state index in [9.17, 15) is 18.7 Å². The van der Waals surface area contributed by atoms with E-state index >= 15 is 0 Å². The summed E-state index contributed by atoms with van der Waals surface area (Å²) in [5.41, 5.74) is 0. The van der Waals surface area contributed by atoms with E-state index in [1.165, 1.54) is 6.92 Å². The van der Waals surface area contributed by atoms with Gasteiger partial charge in [0.1, 0.15) is 5.78 Å². The first-order valence-corrected chi connectivity index (χ1v) is 5.25. The van der Waals surface area contributed by atoms with Gasteiger partial charge in [-0.2, -0.15) is 4.98 Å². The summed E-state index contributed by atoms with van der Waals surface area (Å²) in [7, 11) is 0. The van der Waals surface area contributed by atoms with Crippen LogP contribution in [0.4, 0.5) is 8.78 Å². The van der Waals surface area contributed by atoms with Crippen LogP contribution in [0.2, 0.25) is 0 Å². The van der Waals surface area contributed by atoms with Gasteiger partial charge in [0.25, 0.3) is 12.4 Å². The molecule has 0 amide bonds. The molecule has 1 heterocycles. The fraction of sp³-hybridized carbons (Fsp3) is 0.455. The van der Waals surface area contributed by atoms with E-state index in [-0.39, 0.29) is 11.7 Å². The third-order valence-electron chi connectivity index (χ3n) is 2.78. The zero-order valence-electron chi connectivity index (χ0n) is 9.23. The lowest BCUT2D eigenvalue weighted by Gasteiger charge is -2.09. The number of fused-ring (bicyclic) bond motifs is 1. The average molecular weight is 242 g/mol. The van der Waals surface area contributed by atoms with Crippen LogP contribution in [0.3, 0.4) is 0 Å². The molecule has 1 N–H and O–H groups in total. The number of halogens is 2.